The van der Waals surface area contributed by atoms with Gasteiger partial charge >= 0.3 is 6.03 Å². The molecule has 0 bridgehead atoms. The summed E-state index contributed by atoms with van der Waals surface area (Å²) in [7, 11) is 0. The Bertz CT molecular complexity index is 1330. The van der Waals surface area contributed by atoms with E-state index in [1.807, 2.05) is 36.4 Å². The number of rotatable bonds is 11. The zero-order chi connectivity index (χ0) is 31.7. The van der Waals surface area contributed by atoms with Gasteiger partial charge in [0.05, 0.1) is 5.60 Å². The Labute approximate surface area is 271 Å². The van der Waals surface area contributed by atoms with Gasteiger partial charge in [-0.25, -0.2) is 4.79 Å². The highest BCUT2D eigenvalue weighted by Crippen LogP contribution is 2.38. The van der Waals surface area contributed by atoms with Crippen molar-refractivity contribution in [2.24, 2.45) is 0 Å². The third-order valence-electron chi connectivity index (χ3n) is 9.66. The smallest absolute Gasteiger partial charge is 0.315 e. The fourth-order valence-electron chi connectivity index (χ4n) is 6.90. The summed E-state index contributed by atoms with van der Waals surface area (Å²) >= 11 is 6.07. The predicted molar refractivity (Wildman–Crippen MR) is 177 cm³/mol. The van der Waals surface area contributed by atoms with Crippen molar-refractivity contribution in [3.05, 3.63) is 107 Å². The largest absolute Gasteiger partial charge is 0.387 e. The molecule has 3 amide bonds. The lowest BCUT2D eigenvalue weighted by Crippen LogP contribution is -2.51. The lowest BCUT2D eigenvalue weighted by Gasteiger charge is -2.40. The molecule has 3 aromatic carbocycles. The van der Waals surface area contributed by atoms with Crippen LogP contribution < -0.4 is 10.6 Å². The number of urea groups is 1. The van der Waals surface area contributed by atoms with Crippen LogP contribution in [0.4, 0.5) is 4.79 Å². The van der Waals surface area contributed by atoms with Crippen molar-refractivity contribution >= 4 is 23.5 Å². The topological polar surface area (TPSA) is 105 Å². The van der Waals surface area contributed by atoms with Crippen LogP contribution in [0.5, 0.6) is 0 Å². The standard InChI is InChI=1S/C36H45ClN4O4/c37-31-14-12-30(13-15-31)36(45)19-24-40(25-20-36)21-7-18-35(28-8-3-1-4-9-28,29-10-5-2-6-11-29)27-38-34(44)39-32-16-22-41(23-17-32)33(43)26-42/h1-6,8-15,32,42,45H,7,16-27H2,(H2,38,39,44). The molecule has 240 valence electrons. The van der Waals surface area contributed by atoms with Gasteiger partial charge in [0.2, 0.25) is 5.91 Å². The van der Waals surface area contributed by atoms with Gasteiger partial charge in [0.25, 0.3) is 0 Å². The van der Waals surface area contributed by atoms with Gasteiger partial charge in [0.15, 0.2) is 0 Å². The minimum absolute atomic E-state index is 0.0267. The van der Waals surface area contributed by atoms with Crippen molar-refractivity contribution in [2.75, 3.05) is 45.9 Å². The highest BCUT2D eigenvalue weighted by atomic mass is 35.5. The Morgan fingerprint density at radius 1 is 0.867 bits per heavy atom. The number of amides is 3. The van der Waals surface area contributed by atoms with E-state index in [9.17, 15) is 14.7 Å². The third-order valence-corrected chi connectivity index (χ3v) is 9.92. The van der Waals surface area contributed by atoms with E-state index in [1.165, 1.54) is 0 Å². The summed E-state index contributed by atoms with van der Waals surface area (Å²) in [5, 5.41) is 27.5. The van der Waals surface area contributed by atoms with E-state index < -0.39 is 17.6 Å². The lowest BCUT2D eigenvalue weighted by atomic mass is 9.71. The summed E-state index contributed by atoms with van der Waals surface area (Å²) in [4.78, 5) is 29.1. The molecule has 4 N–H and O–H groups in total. The highest BCUT2D eigenvalue weighted by molar-refractivity contribution is 6.30. The maximum atomic E-state index is 13.2. The van der Waals surface area contributed by atoms with Crippen LogP contribution in [0.3, 0.4) is 0 Å². The number of nitrogens with one attached hydrogen (secondary N) is 2. The number of hydrogen-bond acceptors (Lipinski definition) is 5. The average Bonchev–Trinajstić information content (AvgIpc) is 3.08. The molecule has 0 radical (unpaired) electrons. The second kappa shape index (κ2) is 15.2. The third kappa shape index (κ3) is 8.24. The second-order valence-corrected chi connectivity index (χ2v) is 12.9. The molecule has 0 atom stereocenters. The number of halogens is 1. The maximum absolute atomic E-state index is 13.2. The van der Waals surface area contributed by atoms with Crippen LogP contribution in [0.1, 0.15) is 55.2 Å². The average molecular weight is 633 g/mol. The van der Waals surface area contributed by atoms with E-state index in [-0.39, 0.29) is 18.0 Å². The number of likely N-dealkylation sites (tertiary alicyclic amines) is 2. The van der Waals surface area contributed by atoms with Crippen molar-refractivity contribution in [1.82, 2.24) is 20.4 Å². The maximum Gasteiger partial charge on any atom is 0.315 e. The zero-order valence-electron chi connectivity index (χ0n) is 25.8. The van der Waals surface area contributed by atoms with Gasteiger partial charge in [-0.05, 0) is 73.9 Å². The van der Waals surface area contributed by atoms with Crippen LogP contribution in [0.15, 0.2) is 84.9 Å². The minimum atomic E-state index is -0.832. The molecule has 8 nitrogen and oxygen atoms in total. The first-order chi connectivity index (χ1) is 21.8. The molecule has 0 aromatic heterocycles. The SMILES string of the molecule is O=C(NCC(CCCN1CCC(O)(c2ccc(Cl)cc2)CC1)(c1ccccc1)c1ccccc1)NC1CCN(C(=O)CO)CC1. The molecule has 9 heteroatoms. The summed E-state index contributed by atoms with van der Waals surface area (Å²) in [6.45, 7) is 3.52. The molecule has 3 aromatic rings. The molecule has 0 spiro atoms. The molecule has 0 unspecified atom stereocenters. The molecule has 2 fully saturated rings. The molecule has 0 saturated carbocycles. The zero-order valence-corrected chi connectivity index (χ0v) is 26.6. The molecule has 0 aliphatic carbocycles. The van der Waals surface area contributed by atoms with Gasteiger partial charge in [-0.3, -0.25) is 4.79 Å². The lowest BCUT2D eigenvalue weighted by molar-refractivity contribution is -0.135. The quantitative estimate of drug-likeness (QED) is 0.246. The number of aliphatic hydroxyl groups is 2. The van der Waals surface area contributed by atoms with Crippen LogP contribution in [-0.2, 0) is 15.8 Å². The first kappa shape index (κ1) is 32.9. The number of carbonyl (C=O) groups is 2. The van der Waals surface area contributed by atoms with Crippen molar-refractivity contribution in [2.45, 2.75) is 55.6 Å². The van der Waals surface area contributed by atoms with Gasteiger partial charge in [-0.1, -0.05) is 84.4 Å². The van der Waals surface area contributed by atoms with Crippen LogP contribution in [-0.4, -0.2) is 83.9 Å². The van der Waals surface area contributed by atoms with Crippen molar-refractivity contribution in [3.63, 3.8) is 0 Å². The van der Waals surface area contributed by atoms with Crippen LogP contribution >= 0.6 is 11.6 Å². The molecular formula is C36H45ClN4O4. The molecule has 2 saturated heterocycles. The predicted octanol–water partition coefficient (Wildman–Crippen LogP) is 4.67. The number of piperidine rings is 2. The van der Waals surface area contributed by atoms with Gasteiger partial charge in [0, 0.05) is 49.2 Å². The summed E-state index contributed by atoms with van der Waals surface area (Å²) in [6, 6.07) is 28.1. The Kier molecular flexibility index (Phi) is 11.2. The summed E-state index contributed by atoms with van der Waals surface area (Å²) < 4.78 is 0. The number of hydrogen-bond donors (Lipinski definition) is 4. The highest BCUT2D eigenvalue weighted by Gasteiger charge is 2.37. The van der Waals surface area contributed by atoms with Crippen LogP contribution in [0.2, 0.25) is 5.02 Å². The first-order valence-corrected chi connectivity index (χ1v) is 16.4. The van der Waals surface area contributed by atoms with E-state index in [1.54, 1.807) is 4.90 Å². The van der Waals surface area contributed by atoms with Crippen molar-refractivity contribution in [3.8, 4) is 0 Å². The molecule has 5 rings (SSSR count). The van der Waals surface area contributed by atoms with E-state index in [2.05, 4.69) is 64.1 Å². The Morgan fingerprint density at radius 3 is 2.00 bits per heavy atom. The van der Waals surface area contributed by atoms with Gasteiger partial charge in [-0.2, -0.15) is 0 Å². The normalized spacial score (nSPS) is 17.5. The second-order valence-electron chi connectivity index (χ2n) is 12.4. The van der Waals surface area contributed by atoms with Gasteiger partial charge < -0.3 is 30.6 Å². The van der Waals surface area contributed by atoms with Gasteiger partial charge in [-0.15, -0.1) is 0 Å². The van der Waals surface area contributed by atoms with Crippen molar-refractivity contribution < 1.29 is 19.8 Å². The van der Waals surface area contributed by atoms with Gasteiger partial charge in [0.1, 0.15) is 6.61 Å². The Morgan fingerprint density at radius 2 is 1.44 bits per heavy atom. The molecule has 2 aliphatic heterocycles. The van der Waals surface area contributed by atoms with Crippen LogP contribution in [0, 0.1) is 0 Å². The fourth-order valence-corrected chi connectivity index (χ4v) is 7.03. The molecule has 2 heterocycles. The Hall–Kier alpha value is -3.43. The summed E-state index contributed by atoms with van der Waals surface area (Å²) in [6.07, 6.45) is 4.41. The van der Waals surface area contributed by atoms with Crippen molar-refractivity contribution in [1.29, 1.82) is 0 Å². The molecule has 45 heavy (non-hydrogen) atoms. The fraction of sp³-hybridized carbons (Fsp3) is 0.444. The first-order valence-electron chi connectivity index (χ1n) is 16.1. The van der Waals surface area contributed by atoms with Crippen LogP contribution in [0.25, 0.3) is 0 Å². The van der Waals surface area contributed by atoms with E-state index in [0.717, 1.165) is 49.2 Å². The van der Waals surface area contributed by atoms with E-state index in [0.29, 0.717) is 50.3 Å². The van der Waals surface area contributed by atoms with E-state index >= 15 is 0 Å². The number of aliphatic hydroxyl groups excluding tert-OH is 1. The Balaban J connectivity index is 1.24. The molecule has 2 aliphatic rings. The monoisotopic (exact) mass is 632 g/mol. The number of nitrogens with zero attached hydrogens (tertiary/aromatic N) is 2. The summed E-state index contributed by atoms with van der Waals surface area (Å²) in [5.74, 6) is -0.268. The number of benzene rings is 3. The number of carbonyl (C=O) groups excluding carboxylic acids is 2. The van der Waals surface area contributed by atoms with E-state index in [4.69, 9.17) is 16.7 Å². The minimum Gasteiger partial charge on any atom is -0.387 e. The summed E-state index contributed by atoms with van der Waals surface area (Å²) in [5.41, 5.74) is 1.97. The molecular weight excluding hydrogens is 588 g/mol.